The molecule has 2 rings (SSSR count). The average Bonchev–Trinajstić information content (AvgIpc) is 2.45. The Balaban J connectivity index is 2.44. The van der Waals surface area contributed by atoms with Gasteiger partial charge in [-0.25, -0.2) is 0 Å². The maximum absolute atomic E-state index is 13.7. The fraction of sp³-hybridized carbons (Fsp3) is 0.214. The molecule has 0 saturated carbocycles. The third kappa shape index (κ3) is 2.95. The maximum Gasteiger partial charge on any atom is 0.253 e. The van der Waals surface area contributed by atoms with E-state index in [1.807, 2.05) is 0 Å². The van der Waals surface area contributed by atoms with Gasteiger partial charge in [-0.05, 0) is 24.6 Å². The zero-order chi connectivity index (χ0) is 15.7. The fourth-order valence-corrected chi connectivity index (χ4v) is 2.07. The molecule has 0 aliphatic carbocycles. The van der Waals surface area contributed by atoms with E-state index in [0.29, 0.717) is 10.6 Å². The Kier molecular flexibility index (Phi) is 4.37. The van der Waals surface area contributed by atoms with Crippen molar-refractivity contribution >= 4 is 17.3 Å². The van der Waals surface area contributed by atoms with Crippen molar-refractivity contribution in [1.82, 2.24) is 4.98 Å². The van der Waals surface area contributed by atoms with Crippen LogP contribution < -0.4 is 4.90 Å². The predicted octanol–water partition coefficient (Wildman–Crippen LogP) is 4.49. The average molecular weight is 319 g/mol. The van der Waals surface area contributed by atoms with Gasteiger partial charge in [0.2, 0.25) is 11.6 Å². The number of hydrogen-bond acceptors (Lipinski definition) is 2. The van der Waals surface area contributed by atoms with E-state index in [0.717, 1.165) is 4.90 Å². The van der Waals surface area contributed by atoms with Gasteiger partial charge in [-0.2, -0.15) is 22.5 Å². The first kappa shape index (κ1) is 15.6. The van der Waals surface area contributed by atoms with Crippen molar-refractivity contribution in [1.29, 1.82) is 0 Å². The van der Waals surface area contributed by atoms with Crippen molar-refractivity contribution in [2.45, 2.75) is 13.0 Å². The Morgan fingerprint density at radius 3 is 1.95 bits per heavy atom. The van der Waals surface area contributed by atoms with Crippen molar-refractivity contribution in [3.8, 4) is 0 Å². The normalized spacial score (nSPS) is 12.3. The zero-order valence-corrected chi connectivity index (χ0v) is 11.9. The number of benzene rings is 1. The second kappa shape index (κ2) is 5.89. The van der Waals surface area contributed by atoms with Crippen LogP contribution in [0.1, 0.15) is 18.5 Å². The standard InChI is InChI=1S/C14H11ClF4N2/c1-7(8-3-5-9(15)6-4-8)21(2)12-10(16)13(18)20-14(19)11(12)17/h3-7H,1-2H3. The summed E-state index contributed by atoms with van der Waals surface area (Å²) in [5.41, 5.74) is -0.124. The van der Waals surface area contributed by atoms with E-state index in [4.69, 9.17) is 11.6 Å². The lowest BCUT2D eigenvalue weighted by Gasteiger charge is -2.28. The number of rotatable bonds is 3. The van der Waals surface area contributed by atoms with Crippen molar-refractivity contribution in [3.63, 3.8) is 0 Å². The second-order valence-corrected chi connectivity index (χ2v) is 4.94. The SMILES string of the molecule is CC(c1ccc(Cl)cc1)N(C)c1c(F)c(F)nc(F)c1F. The second-order valence-electron chi connectivity index (χ2n) is 4.51. The summed E-state index contributed by atoms with van der Waals surface area (Å²) in [5, 5.41) is 0.506. The van der Waals surface area contributed by atoms with Gasteiger partial charge in [0.25, 0.3) is 11.9 Å². The van der Waals surface area contributed by atoms with Gasteiger partial charge in [0.1, 0.15) is 5.69 Å². The van der Waals surface area contributed by atoms with Gasteiger partial charge in [0.05, 0.1) is 6.04 Å². The smallest absolute Gasteiger partial charge is 0.253 e. The van der Waals surface area contributed by atoms with Crippen LogP contribution in [0.2, 0.25) is 5.02 Å². The largest absolute Gasteiger partial charge is 0.363 e. The van der Waals surface area contributed by atoms with Gasteiger partial charge < -0.3 is 4.90 Å². The summed E-state index contributed by atoms with van der Waals surface area (Å²) < 4.78 is 53.8. The zero-order valence-electron chi connectivity index (χ0n) is 11.2. The Hall–Kier alpha value is -1.82. The molecule has 1 atom stereocenters. The molecule has 0 spiro atoms. The molecule has 1 unspecified atom stereocenters. The van der Waals surface area contributed by atoms with Crippen molar-refractivity contribution < 1.29 is 17.6 Å². The highest BCUT2D eigenvalue weighted by molar-refractivity contribution is 6.30. The molecule has 1 heterocycles. The molecule has 7 heteroatoms. The van der Waals surface area contributed by atoms with E-state index in [-0.39, 0.29) is 0 Å². The van der Waals surface area contributed by atoms with Crippen LogP contribution in [-0.4, -0.2) is 12.0 Å². The fourth-order valence-electron chi connectivity index (χ4n) is 1.94. The van der Waals surface area contributed by atoms with Crippen LogP contribution >= 0.6 is 11.6 Å². The van der Waals surface area contributed by atoms with E-state index in [9.17, 15) is 17.6 Å². The van der Waals surface area contributed by atoms with Gasteiger partial charge in [-0.3, -0.25) is 0 Å². The summed E-state index contributed by atoms with van der Waals surface area (Å²) in [6.45, 7) is 1.64. The molecule has 0 radical (unpaired) electrons. The van der Waals surface area contributed by atoms with Crippen molar-refractivity contribution in [3.05, 3.63) is 58.4 Å². The number of aromatic nitrogens is 1. The summed E-state index contributed by atoms with van der Waals surface area (Å²) in [6, 6.07) is 6.01. The molecule has 2 aromatic rings. The summed E-state index contributed by atoms with van der Waals surface area (Å²) in [7, 11) is 1.33. The molecule has 0 aliphatic heterocycles. The minimum absolute atomic E-state index is 0.506. The Morgan fingerprint density at radius 2 is 1.48 bits per heavy atom. The molecular formula is C14H11ClF4N2. The van der Waals surface area contributed by atoms with Crippen molar-refractivity contribution in [2.75, 3.05) is 11.9 Å². The van der Waals surface area contributed by atoms with Gasteiger partial charge in [0.15, 0.2) is 0 Å². The monoisotopic (exact) mass is 318 g/mol. The van der Waals surface area contributed by atoms with Crippen molar-refractivity contribution in [2.24, 2.45) is 0 Å². The van der Waals surface area contributed by atoms with E-state index in [1.165, 1.54) is 7.05 Å². The van der Waals surface area contributed by atoms with Gasteiger partial charge in [-0.1, -0.05) is 23.7 Å². The van der Waals surface area contributed by atoms with Gasteiger partial charge >= 0.3 is 0 Å². The van der Waals surface area contributed by atoms with Gasteiger partial charge in [0, 0.05) is 12.1 Å². The third-order valence-corrected chi connectivity index (χ3v) is 3.51. The lowest BCUT2D eigenvalue weighted by Crippen LogP contribution is -2.25. The summed E-state index contributed by atoms with van der Waals surface area (Å²) in [6.07, 6.45) is 0. The molecule has 0 aliphatic rings. The topological polar surface area (TPSA) is 16.1 Å². The first-order chi connectivity index (χ1) is 9.82. The molecule has 1 aromatic heterocycles. The van der Waals surface area contributed by atoms with Gasteiger partial charge in [-0.15, -0.1) is 0 Å². The Bertz CT molecular complexity index is 635. The lowest BCUT2D eigenvalue weighted by molar-refractivity contribution is 0.405. The highest BCUT2D eigenvalue weighted by Crippen LogP contribution is 2.31. The van der Waals surface area contributed by atoms with Crippen LogP contribution in [0.5, 0.6) is 0 Å². The first-order valence-electron chi connectivity index (χ1n) is 6.01. The van der Waals surface area contributed by atoms with E-state index in [2.05, 4.69) is 4.98 Å². The molecule has 0 saturated heterocycles. The molecule has 0 fully saturated rings. The Labute approximate surface area is 124 Å². The highest BCUT2D eigenvalue weighted by Gasteiger charge is 2.26. The minimum atomic E-state index is -1.68. The summed E-state index contributed by atoms with van der Waals surface area (Å²) in [5.74, 6) is -6.42. The molecule has 1 aromatic carbocycles. The predicted molar refractivity (Wildman–Crippen MR) is 72.3 cm³/mol. The minimum Gasteiger partial charge on any atom is -0.363 e. The van der Waals surface area contributed by atoms with E-state index < -0.39 is 35.3 Å². The summed E-state index contributed by atoms with van der Waals surface area (Å²) in [4.78, 5) is 3.63. The molecule has 0 N–H and O–H groups in total. The van der Waals surface area contributed by atoms with Crippen LogP contribution in [0.25, 0.3) is 0 Å². The van der Waals surface area contributed by atoms with E-state index >= 15 is 0 Å². The number of nitrogens with zero attached hydrogens (tertiary/aromatic N) is 2. The van der Waals surface area contributed by atoms with E-state index in [1.54, 1.807) is 31.2 Å². The molecule has 21 heavy (non-hydrogen) atoms. The third-order valence-electron chi connectivity index (χ3n) is 3.26. The molecule has 2 nitrogen and oxygen atoms in total. The molecule has 112 valence electrons. The maximum atomic E-state index is 13.7. The summed E-state index contributed by atoms with van der Waals surface area (Å²) >= 11 is 5.76. The van der Waals surface area contributed by atoms with Crippen LogP contribution in [-0.2, 0) is 0 Å². The van der Waals surface area contributed by atoms with Crippen LogP contribution in [0.15, 0.2) is 24.3 Å². The number of halogens is 5. The highest BCUT2D eigenvalue weighted by atomic mass is 35.5. The number of hydrogen-bond donors (Lipinski definition) is 0. The van der Waals surface area contributed by atoms with Crippen LogP contribution in [0, 0.1) is 23.5 Å². The number of anilines is 1. The molecule has 0 bridgehead atoms. The first-order valence-corrected chi connectivity index (χ1v) is 6.39. The van der Waals surface area contributed by atoms with Crippen LogP contribution in [0.4, 0.5) is 23.2 Å². The lowest BCUT2D eigenvalue weighted by atomic mass is 10.1. The quantitative estimate of drug-likeness (QED) is 0.612. The molecule has 0 amide bonds. The molecular weight excluding hydrogens is 308 g/mol. The van der Waals surface area contributed by atoms with Crippen LogP contribution in [0.3, 0.4) is 0 Å². The number of pyridine rings is 1. The Morgan fingerprint density at radius 1 is 1.00 bits per heavy atom.